The average Bonchev–Trinajstić information content (AvgIpc) is 2.11. The van der Waals surface area contributed by atoms with Crippen LogP contribution in [-0.2, 0) is 0 Å². The minimum Gasteiger partial charge on any atom is -0.326 e. The first-order chi connectivity index (χ1) is 4.52. The summed E-state index contributed by atoms with van der Waals surface area (Å²) in [4.78, 5) is 2.15. The van der Waals surface area contributed by atoms with Crippen LogP contribution in [0.15, 0.2) is 5.10 Å². The van der Waals surface area contributed by atoms with Gasteiger partial charge in [-0.3, -0.25) is 5.43 Å². The van der Waals surface area contributed by atoms with Gasteiger partial charge in [0.1, 0.15) is 6.67 Å². The number of hydrazone groups is 1. The van der Waals surface area contributed by atoms with E-state index in [2.05, 4.69) is 52.1 Å². The molecular weight excluding hydrogens is 194 g/mol. The summed E-state index contributed by atoms with van der Waals surface area (Å²) in [5, 5.41) is 3.99. The lowest BCUT2D eigenvalue weighted by Crippen LogP contribution is -2.42. The van der Waals surface area contributed by atoms with E-state index in [1.54, 1.807) is 0 Å². The summed E-state index contributed by atoms with van der Waals surface area (Å²) < 4.78 is 0.889. The summed E-state index contributed by atoms with van der Waals surface area (Å²) >= 11 is 3.35. The summed E-state index contributed by atoms with van der Waals surface area (Å²) in [6.45, 7) is 7.24. The van der Waals surface area contributed by atoms with Gasteiger partial charge in [-0.25, -0.2) is 0 Å². The smallest absolute Gasteiger partial charge is 0.193 e. The van der Waals surface area contributed by atoms with Crippen molar-refractivity contribution in [2.24, 2.45) is 5.10 Å². The maximum absolute atomic E-state index is 3.99. The number of rotatable bonds is 0. The summed E-state index contributed by atoms with van der Waals surface area (Å²) in [5.74, 6) is 0. The maximum atomic E-state index is 3.99. The molecule has 0 aliphatic carbocycles. The molecule has 1 heterocycles. The highest BCUT2D eigenvalue weighted by atomic mass is 79.9. The van der Waals surface area contributed by atoms with Crippen LogP contribution >= 0.6 is 15.9 Å². The average molecular weight is 206 g/mol. The van der Waals surface area contributed by atoms with E-state index in [-0.39, 0.29) is 5.54 Å². The third kappa shape index (κ3) is 1.42. The van der Waals surface area contributed by atoms with E-state index in [1.807, 2.05) is 0 Å². The van der Waals surface area contributed by atoms with Crippen LogP contribution < -0.4 is 5.43 Å². The van der Waals surface area contributed by atoms with Crippen molar-refractivity contribution in [1.82, 2.24) is 10.3 Å². The van der Waals surface area contributed by atoms with Crippen molar-refractivity contribution in [2.75, 3.05) is 6.67 Å². The predicted molar refractivity (Wildman–Crippen MR) is 46.0 cm³/mol. The van der Waals surface area contributed by atoms with E-state index in [0.717, 1.165) is 11.4 Å². The molecule has 0 amide bonds. The van der Waals surface area contributed by atoms with Gasteiger partial charge in [-0.1, -0.05) is 0 Å². The molecule has 0 radical (unpaired) electrons. The summed E-state index contributed by atoms with van der Waals surface area (Å²) in [6, 6.07) is 0. The molecule has 0 aromatic carbocycles. The predicted octanol–water partition coefficient (Wildman–Crippen LogP) is 1.31. The molecule has 4 heteroatoms. The Morgan fingerprint density at radius 1 is 1.60 bits per heavy atom. The molecule has 1 N–H and O–H groups in total. The number of nitrogens with zero attached hydrogens (tertiary/aromatic N) is 2. The van der Waals surface area contributed by atoms with Gasteiger partial charge in [0, 0.05) is 5.54 Å². The molecule has 0 fully saturated rings. The fraction of sp³-hybridized carbons (Fsp3) is 0.833. The van der Waals surface area contributed by atoms with Gasteiger partial charge in [0.15, 0.2) is 4.74 Å². The number of amidine groups is 1. The van der Waals surface area contributed by atoms with Crippen molar-refractivity contribution in [3.05, 3.63) is 0 Å². The van der Waals surface area contributed by atoms with Gasteiger partial charge in [-0.05, 0) is 36.7 Å². The zero-order valence-electron chi connectivity index (χ0n) is 6.48. The van der Waals surface area contributed by atoms with Crippen LogP contribution in [0.4, 0.5) is 0 Å². The monoisotopic (exact) mass is 205 g/mol. The molecule has 1 aliphatic heterocycles. The van der Waals surface area contributed by atoms with Crippen molar-refractivity contribution >= 4 is 20.7 Å². The van der Waals surface area contributed by atoms with Gasteiger partial charge in [-0.2, -0.15) is 5.10 Å². The molecule has 0 bridgehead atoms. The Morgan fingerprint density at radius 2 is 2.20 bits per heavy atom. The van der Waals surface area contributed by atoms with Crippen molar-refractivity contribution in [3.63, 3.8) is 0 Å². The summed E-state index contributed by atoms with van der Waals surface area (Å²) in [5.41, 5.74) is 3.04. The van der Waals surface area contributed by atoms with E-state index in [9.17, 15) is 0 Å². The molecular formula is C6H12BrN3. The maximum Gasteiger partial charge on any atom is 0.193 e. The van der Waals surface area contributed by atoms with Crippen LogP contribution in [0.5, 0.6) is 0 Å². The first-order valence-corrected chi connectivity index (χ1v) is 4.05. The largest absolute Gasteiger partial charge is 0.326 e. The van der Waals surface area contributed by atoms with Gasteiger partial charge >= 0.3 is 0 Å². The fourth-order valence-corrected chi connectivity index (χ4v) is 1.59. The van der Waals surface area contributed by atoms with Crippen molar-refractivity contribution in [1.29, 1.82) is 0 Å². The van der Waals surface area contributed by atoms with E-state index in [0.29, 0.717) is 0 Å². The number of halogens is 1. The minimum absolute atomic E-state index is 0.145. The Kier molecular flexibility index (Phi) is 1.90. The second-order valence-corrected chi connectivity index (χ2v) is 4.01. The highest BCUT2D eigenvalue weighted by Crippen LogP contribution is 2.17. The molecule has 0 spiro atoms. The quantitative estimate of drug-likeness (QED) is 0.605. The molecule has 0 aromatic heterocycles. The van der Waals surface area contributed by atoms with Crippen LogP contribution in [0.25, 0.3) is 0 Å². The molecule has 0 saturated heterocycles. The molecule has 0 saturated carbocycles. The second-order valence-electron chi connectivity index (χ2n) is 3.30. The molecule has 10 heavy (non-hydrogen) atoms. The normalized spacial score (nSPS) is 18.8. The summed E-state index contributed by atoms with van der Waals surface area (Å²) in [6.07, 6.45) is 0. The van der Waals surface area contributed by atoms with Crippen LogP contribution in [0.3, 0.4) is 0 Å². The molecule has 3 nitrogen and oxygen atoms in total. The lowest BCUT2D eigenvalue weighted by molar-refractivity contribution is 0.248. The fourth-order valence-electron chi connectivity index (χ4n) is 0.811. The van der Waals surface area contributed by atoms with Gasteiger partial charge in [0.05, 0.1) is 0 Å². The van der Waals surface area contributed by atoms with Crippen LogP contribution in [0.2, 0.25) is 0 Å². The van der Waals surface area contributed by atoms with Crippen molar-refractivity contribution in [2.45, 2.75) is 26.3 Å². The third-order valence-electron chi connectivity index (χ3n) is 1.43. The number of hydrogen-bond acceptors (Lipinski definition) is 3. The number of nitrogens with one attached hydrogen (secondary N) is 1. The first-order valence-electron chi connectivity index (χ1n) is 3.25. The molecule has 0 unspecified atom stereocenters. The molecule has 58 valence electrons. The Balaban J connectivity index is 2.67. The Labute approximate surface area is 69.6 Å². The lowest BCUT2D eigenvalue weighted by Gasteiger charge is -2.31. The Morgan fingerprint density at radius 3 is 2.40 bits per heavy atom. The molecule has 1 rings (SSSR count). The molecule has 0 atom stereocenters. The highest BCUT2D eigenvalue weighted by Gasteiger charge is 2.25. The first kappa shape index (κ1) is 7.85. The SMILES string of the molecule is CC(C)(C)N1CNN=C1Br. The topological polar surface area (TPSA) is 27.6 Å². The van der Waals surface area contributed by atoms with Crippen molar-refractivity contribution < 1.29 is 0 Å². The van der Waals surface area contributed by atoms with E-state index < -0.39 is 0 Å². The zero-order chi connectivity index (χ0) is 7.78. The van der Waals surface area contributed by atoms with Gasteiger partial charge in [0.2, 0.25) is 0 Å². The van der Waals surface area contributed by atoms with Crippen molar-refractivity contribution in [3.8, 4) is 0 Å². The summed E-state index contributed by atoms with van der Waals surface area (Å²) in [7, 11) is 0. The number of hydrogen-bond donors (Lipinski definition) is 1. The molecule has 1 aliphatic rings. The third-order valence-corrected chi connectivity index (χ3v) is 2.04. The van der Waals surface area contributed by atoms with Crippen LogP contribution in [0, 0.1) is 0 Å². The van der Waals surface area contributed by atoms with Gasteiger partial charge in [-0.15, -0.1) is 0 Å². The molecule has 0 aromatic rings. The minimum atomic E-state index is 0.145. The standard InChI is InChI=1S/C6H12BrN3/c1-6(2,3)10-4-8-9-5(10)7/h8H,4H2,1-3H3. The van der Waals surface area contributed by atoms with E-state index >= 15 is 0 Å². The lowest BCUT2D eigenvalue weighted by atomic mass is 10.1. The van der Waals surface area contributed by atoms with E-state index in [4.69, 9.17) is 0 Å². The second kappa shape index (κ2) is 2.42. The Hall–Kier alpha value is -0.250. The Bertz CT molecular complexity index is 159. The van der Waals surface area contributed by atoms with E-state index in [1.165, 1.54) is 0 Å². The van der Waals surface area contributed by atoms with Crippen LogP contribution in [0.1, 0.15) is 20.8 Å². The van der Waals surface area contributed by atoms with Gasteiger partial charge < -0.3 is 4.90 Å². The zero-order valence-corrected chi connectivity index (χ0v) is 8.07. The van der Waals surface area contributed by atoms with Gasteiger partial charge in [0.25, 0.3) is 0 Å². The highest BCUT2D eigenvalue weighted by molar-refractivity contribution is 9.18. The van der Waals surface area contributed by atoms with Crippen LogP contribution in [-0.4, -0.2) is 21.9 Å².